The summed E-state index contributed by atoms with van der Waals surface area (Å²) in [5.74, 6) is 4.10. The second kappa shape index (κ2) is 15.9. The Morgan fingerprint density at radius 1 is 0.384 bits per heavy atom. The fourth-order valence-electron chi connectivity index (χ4n) is 12.7. The van der Waals surface area contributed by atoms with E-state index in [1.807, 2.05) is 24.3 Å². The number of rotatable bonds is 5. The van der Waals surface area contributed by atoms with Gasteiger partial charge in [-0.2, -0.15) is 0 Å². The lowest BCUT2D eigenvalue weighted by molar-refractivity contribution is 0.394. The Bertz CT molecular complexity index is 4090. The van der Waals surface area contributed by atoms with Crippen LogP contribution in [0.1, 0.15) is 30.9 Å². The molecule has 0 saturated heterocycles. The quantitative estimate of drug-likeness (QED) is 0.161. The van der Waals surface area contributed by atoms with E-state index >= 15 is 0 Å². The first-order valence-electron chi connectivity index (χ1n) is 25.4. The van der Waals surface area contributed by atoms with Crippen molar-refractivity contribution in [2.45, 2.75) is 25.2 Å². The van der Waals surface area contributed by atoms with E-state index < -0.39 is 0 Å². The molecular formula is C69H48N2O2. The van der Waals surface area contributed by atoms with Gasteiger partial charge in [-0.05, 0) is 167 Å². The molecule has 11 aromatic carbocycles. The predicted molar refractivity (Wildman–Crippen MR) is 302 cm³/mol. The highest BCUT2D eigenvalue weighted by molar-refractivity contribution is 6.24. The molecule has 73 heavy (non-hydrogen) atoms. The summed E-state index contributed by atoms with van der Waals surface area (Å²) in [5, 5.41) is 7.08. The zero-order chi connectivity index (χ0) is 48.4. The minimum absolute atomic E-state index is 0.0279. The van der Waals surface area contributed by atoms with Gasteiger partial charge in [0.1, 0.15) is 0 Å². The minimum atomic E-state index is -0.0279. The lowest BCUT2D eigenvalue weighted by atomic mass is 9.74. The van der Waals surface area contributed by atoms with Crippen LogP contribution >= 0.6 is 0 Å². The second-order valence-corrected chi connectivity index (χ2v) is 20.4. The number of hydrogen-bond donors (Lipinski definition) is 0. The van der Waals surface area contributed by atoms with Gasteiger partial charge >= 0.3 is 0 Å². The third-order valence-electron chi connectivity index (χ3n) is 16.1. The topological polar surface area (TPSA) is 24.9 Å². The lowest BCUT2D eigenvalue weighted by Crippen LogP contribution is -2.24. The molecule has 0 aromatic heterocycles. The third-order valence-corrected chi connectivity index (χ3v) is 16.1. The van der Waals surface area contributed by atoms with Crippen LogP contribution in [-0.2, 0) is 5.41 Å². The fraction of sp³-hybridized carbons (Fsp3) is 0.0725. The highest BCUT2D eigenvalue weighted by atomic mass is 16.5. The van der Waals surface area contributed by atoms with Gasteiger partial charge in [0.25, 0.3) is 0 Å². The van der Waals surface area contributed by atoms with E-state index in [2.05, 4.69) is 242 Å². The number of allylic oxidation sites excluding steroid dienone is 4. The number of fused-ring (bicyclic) bond motifs is 10. The van der Waals surface area contributed by atoms with Crippen molar-refractivity contribution in [1.82, 2.24) is 0 Å². The number of anilines is 6. The fourth-order valence-corrected chi connectivity index (χ4v) is 12.7. The van der Waals surface area contributed by atoms with E-state index in [1.165, 1.54) is 71.3 Å². The smallest absolute Gasteiger partial charge is 0.151 e. The van der Waals surface area contributed by atoms with Crippen molar-refractivity contribution in [3.05, 3.63) is 254 Å². The molecule has 0 N–H and O–H groups in total. The number of nitrogens with zero attached hydrogens (tertiary/aromatic N) is 2. The Hall–Kier alpha value is -9.12. The van der Waals surface area contributed by atoms with Gasteiger partial charge in [-0.25, -0.2) is 0 Å². The van der Waals surface area contributed by atoms with Crippen molar-refractivity contribution in [1.29, 1.82) is 0 Å². The number of hydrogen-bond acceptors (Lipinski definition) is 4. The Morgan fingerprint density at radius 3 is 1.49 bits per heavy atom. The van der Waals surface area contributed by atoms with Crippen LogP contribution in [0.4, 0.5) is 34.1 Å². The van der Waals surface area contributed by atoms with Gasteiger partial charge in [-0.15, -0.1) is 0 Å². The summed E-state index contributed by atoms with van der Waals surface area (Å²) in [6.45, 7) is 4.85. The molecule has 4 nitrogen and oxygen atoms in total. The van der Waals surface area contributed by atoms with Crippen molar-refractivity contribution in [2.75, 3.05) is 9.80 Å². The molecule has 2 heterocycles. The summed E-state index contributed by atoms with van der Waals surface area (Å²) in [5.41, 5.74) is 16.1. The third kappa shape index (κ3) is 6.33. The van der Waals surface area contributed by atoms with Crippen molar-refractivity contribution in [2.24, 2.45) is 5.92 Å². The summed E-state index contributed by atoms with van der Waals surface area (Å²) < 4.78 is 13.1. The SMILES string of the molecule is CC1(C)c2cc(-c3ccccc3-c3c4ccc(N5c6ccccc6Oc6ccccc65)cc4c(-c4ccc5ccccc5c4)c4ccc(N5c6ccccc6Oc6ccccc65)cc34)ccc2C2C=CC=CC21. The van der Waals surface area contributed by atoms with Crippen LogP contribution in [0.3, 0.4) is 0 Å². The molecule has 346 valence electrons. The largest absolute Gasteiger partial charge is 0.453 e. The highest BCUT2D eigenvalue weighted by Gasteiger charge is 2.44. The molecule has 2 unspecified atom stereocenters. The molecule has 15 rings (SSSR count). The van der Waals surface area contributed by atoms with E-state index in [1.54, 1.807) is 0 Å². The van der Waals surface area contributed by atoms with Crippen LogP contribution in [0, 0.1) is 5.92 Å². The number of para-hydroxylation sites is 8. The maximum Gasteiger partial charge on any atom is 0.151 e. The number of ether oxygens (including phenoxy) is 2. The van der Waals surface area contributed by atoms with E-state index in [-0.39, 0.29) is 5.41 Å². The Balaban J connectivity index is 1.05. The molecule has 0 saturated carbocycles. The van der Waals surface area contributed by atoms with Crippen LogP contribution < -0.4 is 19.3 Å². The first-order valence-corrected chi connectivity index (χ1v) is 25.4. The van der Waals surface area contributed by atoms with Gasteiger partial charge in [0.05, 0.1) is 22.7 Å². The maximum absolute atomic E-state index is 6.57. The van der Waals surface area contributed by atoms with Crippen molar-refractivity contribution >= 4 is 66.4 Å². The van der Waals surface area contributed by atoms with Crippen molar-refractivity contribution < 1.29 is 9.47 Å². The van der Waals surface area contributed by atoms with Crippen LogP contribution in [0.25, 0.3) is 65.7 Å². The van der Waals surface area contributed by atoms with Gasteiger partial charge in [0, 0.05) is 17.3 Å². The zero-order valence-corrected chi connectivity index (χ0v) is 40.5. The lowest BCUT2D eigenvalue weighted by Gasteiger charge is -2.33. The second-order valence-electron chi connectivity index (χ2n) is 20.4. The Labute approximate surface area is 425 Å². The van der Waals surface area contributed by atoms with Gasteiger partial charge in [-0.3, -0.25) is 0 Å². The monoisotopic (exact) mass is 936 g/mol. The van der Waals surface area contributed by atoms with Crippen LogP contribution in [0.15, 0.2) is 243 Å². The standard InChI is InChI=1S/C69H48N2O2/c1-69(2)57-22-8-7-20-50(57)51-36-33-45(40-58(51)69)49-19-5-6-21-52(49)68-54-38-35-47(70-59-23-9-13-27-63(59)72-64-28-14-10-24-60(64)70)41-55(54)67(46-32-31-43-17-3-4-18-44(43)39-46)53-37-34-48(42-56(53)68)71-61-25-11-15-29-65(61)73-66-30-16-12-26-62(66)71/h3-42,50,57H,1-2H3. The molecule has 0 amide bonds. The summed E-state index contributed by atoms with van der Waals surface area (Å²) >= 11 is 0. The summed E-state index contributed by atoms with van der Waals surface area (Å²) in [6.07, 6.45) is 9.26. The molecule has 2 atom stereocenters. The van der Waals surface area contributed by atoms with Crippen LogP contribution in [0.5, 0.6) is 23.0 Å². The van der Waals surface area contributed by atoms with E-state index in [0.717, 1.165) is 62.7 Å². The van der Waals surface area contributed by atoms with Gasteiger partial charge < -0.3 is 19.3 Å². The Kier molecular flexibility index (Phi) is 9.10. The molecule has 2 aliphatic heterocycles. The molecule has 4 aliphatic rings. The molecular weight excluding hydrogens is 889 g/mol. The van der Waals surface area contributed by atoms with Crippen molar-refractivity contribution in [3.8, 4) is 56.4 Å². The van der Waals surface area contributed by atoms with E-state index in [0.29, 0.717) is 11.8 Å². The Morgan fingerprint density at radius 2 is 0.877 bits per heavy atom. The maximum atomic E-state index is 6.57. The summed E-state index contributed by atoms with van der Waals surface area (Å²) in [7, 11) is 0. The van der Waals surface area contributed by atoms with Crippen LogP contribution in [0.2, 0.25) is 0 Å². The van der Waals surface area contributed by atoms with Gasteiger partial charge in [0.15, 0.2) is 23.0 Å². The molecule has 0 radical (unpaired) electrons. The molecule has 0 spiro atoms. The van der Waals surface area contributed by atoms with Gasteiger partial charge in [0.2, 0.25) is 0 Å². The molecule has 2 aliphatic carbocycles. The van der Waals surface area contributed by atoms with Crippen LogP contribution in [-0.4, -0.2) is 0 Å². The number of benzene rings is 11. The highest BCUT2D eigenvalue weighted by Crippen LogP contribution is 2.57. The average Bonchev–Trinajstić information content (AvgIpc) is 3.67. The molecule has 4 heteroatoms. The molecule has 0 fully saturated rings. The molecule has 0 bridgehead atoms. The first-order chi connectivity index (χ1) is 36.0. The first kappa shape index (κ1) is 41.6. The predicted octanol–water partition coefficient (Wildman–Crippen LogP) is 19.4. The molecule has 11 aromatic rings. The van der Waals surface area contributed by atoms with Gasteiger partial charge in [-0.1, -0.05) is 178 Å². The average molecular weight is 937 g/mol. The van der Waals surface area contributed by atoms with E-state index in [4.69, 9.17) is 9.47 Å². The summed E-state index contributed by atoms with van der Waals surface area (Å²) in [6, 6.07) is 79.7. The normalized spacial score (nSPS) is 16.5. The summed E-state index contributed by atoms with van der Waals surface area (Å²) in [4.78, 5) is 4.73. The van der Waals surface area contributed by atoms with E-state index in [9.17, 15) is 0 Å². The minimum Gasteiger partial charge on any atom is -0.453 e. The van der Waals surface area contributed by atoms with Crippen molar-refractivity contribution in [3.63, 3.8) is 0 Å². The zero-order valence-electron chi connectivity index (χ0n) is 40.5.